The van der Waals surface area contributed by atoms with E-state index in [4.69, 9.17) is 4.74 Å². The number of phenols is 1. The highest BCUT2D eigenvalue weighted by atomic mass is 16.5. The summed E-state index contributed by atoms with van der Waals surface area (Å²) in [6.45, 7) is 3.56. The van der Waals surface area contributed by atoms with Crippen molar-refractivity contribution in [1.82, 2.24) is 5.43 Å². The number of nitrogens with zero attached hydrogens (tertiary/aromatic N) is 1. The average Bonchev–Trinajstić information content (AvgIpc) is 2.60. The van der Waals surface area contributed by atoms with Crippen molar-refractivity contribution >= 4 is 23.7 Å². The van der Waals surface area contributed by atoms with Crippen LogP contribution in [0.15, 0.2) is 41.5 Å². The molecule has 2 aromatic carbocycles. The number of aryl methyl sites for hydroxylation is 2. The Kier molecular flexibility index (Phi) is 6.32. The van der Waals surface area contributed by atoms with Crippen molar-refractivity contribution < 1.29 is 19.4 Å². The van der Waals surface area contributed by atoms with Gasteiger partial charge in [-0.3, -0.25) is 9.59 Å². The van der Waals surface area contributed by atoms with Crippen molar-refractivity contribution in [2.24, 2.45) is 5.10 Å². The zero-order valence-corrected chi connectivity index (χ0v) is 14.9. The molecule has 0 bridgehead atoms. The number of phenolic OH excluding ortho intramolecular Hbond substituents is 1. The molecule has 26 heavy (non-hydrogen) atoms. The van der Waals surface area contributed by atoms with Crippen molar-refractivity contribution in [2.45, 2.75) is 20.3 Å². The first-order chi connectivity index (χ1) is 12.4. The number of carbonyl (C=O) groups excluding carboxylic acids is 2. The predicted molar refractivity (Wildman–Crippen MR) is 99.6 cm³/mol. The molecule has 0 saturated carbocycles. The van der Waals surface area contributed by atoms with Gasteiger partial charge in [-0.2, -0.15) is 5.10 Å². The molecular formula is C19H21N3O4. The summed E-state index contributed by atoms with van der Waals surface area (Å²) in [5, 5.41) is 16.2. The van der Waals surface area contributed by atoms with Gasteiger partial charge in [0.05, 0.1) is 13.3 Å². The second-order valence-electron chi connectivity index (χ2n) is 5.75. The molecule has 3 N–H and O–H groups in total. The summed E-state index contributed by atoms with van der Waals surface area (Å²) in [4.78, 5) is 23.6. The van der Waals surface area contributed by atoms with Crippen LogP contribution in [0.4, 0.5) is 5.69 Å². The summed E-state index contributed by atoms with van der Waals surface area (Å²) in [6, 6.07) is 10.3. The molecule has 0 aliphatic carbocycles. The smallest absolute Gasteiger partial charge is 0.249 e. The number of benzene rings is 2. The molecule has 0 spiro atoms. The topological polar surface area (TPSA) is 100 Å². The monoisotopic (exact) mass is 355 g/mol. The van der Waals surface area contributed by atoms with Gasteiger partial charge in [-0.25, -0.2) is 5.43 Å². The number of rotatable bonds is 6. The van der Waals surface area contributed by atoms with Crippen molar-refractivity contribution in [3.63, 3.8) is 0 Å². The molecule has 0 unspecified atom stereocenters. The second kappa shape index (κ2) is 8.66. The van der Waals surface area contributed by atoms with Crippen molar-refractivity contribution in [3.05, 3.63) is 53.1 Å². The van der Waals surface area contributed by atoms with Crippen molar-refractivity contribution in [2.75, 3.05) is 12.4 Å². The van der Waals surface area contributed by atoms with Crippen LogP contribution < -0.4 is 15.5 Å². The number of ether oxygens (including phenoxy) is 1. The van der Waals surface area contributed by atoms with E-state index in [1.54, 1.807) is 57.4 Å². The number of amides is 2. The Morgan fingerprint density at radius 1 is 1.12 bits per heavy atom. The second-order valence-corrected chi connectivity index (χ2v) is 5.75. The maximum Gasteiger partial charge on any atom is 0.249 e. The van der Waals surface area contributed by atoms with Gasteiger partial charge in [0.1, 0.15) is 17.9 Å². The van der Waals surface area contributed by atoms with Crippen LogP contribution in [0.1, 0.15) is 23.1 Å². The van der Waals surface area contributed by atoms with E-state index in [2.05, 4.69) is 15.8 Å². The Morgan fingerprint density at radius 3 is 2.31 bits per heavy atom. The number of hydrogen-bond donors (Lipinski definition) is 3. The van der Waals surface area contributed by atoms with E-state index in [0.717, 1.165) is 16.7 Å². The van der Waals surface area contributed by atoms with E-state index in [1.807, 2.05) is 0 Å². The number of anilines is 1. The summed E-state index contributed by atoms with van der Waals surface area (Å²) in [5.74, 6) is -0.0603. The fourth-order valence-corrected chi connectivity index (χ4v) is 2.31. The molecule has 0 fully saturated rings. The first-order valence-corrected chi connectivity index (χ1v) is 7.95. The third-order valence-corrected chi connectivity index (χ3v) is 3.61. The van der Waals surface area contributed by atoms with Crippen LogP contribution in [-0.4, -0.2) is 30.2 Å². The van der Waals surface area contributed by atoms with Gasteiger partial charge in [-0.05, 0) is 66.9 Å². The van der Waals surface area contributed by atoms with Gasteiger partial charge >= 0.3 is 0 Å². The largest absolute Gasteiger partial charge is 0.507 e. The molecule has 0 aliphatic heterocycles. The van der Waals surface area contributed by atoms with Gasteiger partial charge < -0.3 is 15.2 Å². The Morgan fingerprint density at radius 2 is 1.73 bits per heavy atom. The maximum absolute atomic E-state index is 11.9. The van der Waals surface area contributed by atoms with Crippen LogP contribution >= 0.6 is 0 Å². The first kappa shape index (κ1) is 19.0. The van der Waals surface area contributed by atoms with E-state index in [1.165, 1.54) is 6.21 Å². The molecule has 0 heterocycles. The molecule has 7 nitrogen and oxygen atoms in total. The fraction of sp³-hybridized carbons (Fsp3) is 0.211. The lowest BCUT2D eigenvalue weighted by Crippen LogP contribution is -2.24. The molecule has 2 amide bonds. The van der Waals surface area contributed by atoms with Crippen LogP contribution in [0.2, 0.25) is 0 Å². The quantitative estimate of drug-likeness (QED) is 0.421. The van der Waals surface area contributed by atoms with Gasteiger partial charge in [-0.15, -0.1) is 0 Å². The summed E-state index contributed by atoms with van der Waals surface area (Å²) in [5.41, 5.74) is 5.05. The number of nitrogens with one attached hydrogen (secondary N) is 2. The number of carbonyl (C=O) groups is 2. The third kappa shape index (κ3) is 5.34. The molecule has 2 aromatic rings. The van der Waals surface area contributed by atoms with E-state index in [9.17, 15) is 14.7 Å². The highest BCUT2D eigenvalue weighted by Gasteiger charge is 2.09. The van der Waals surface area contributed by atoms with Crippen molar-refractivity contribution in [3.8, 4) is 11.5 Å². The summed E-state index contributed by atoms with van der Waals surface area (Å²) in [6.07, 6.45) is 1.11. The van der Waals surface area contributed by atoms with Crippen LogP contribution in [0, 0.1) is 13.8 Å². The highest BCUT2D eigenvalue weighted by molar-refractivity contribution is 6.03. The molecule has 2 rings (SSSR count). The SMILES string of the molecule is COc1ccc(NC(=O)CC(=O)N/N=C/c2cc(C)c(O)c(C)c2)cc1. The maximum atomic E-state index is 11.9. The van der Waals surface area contributed by atoms with Crippen LogP contribution in [0.3, 0.4) is 0 Å². The van der Waals surface area contributed by atoms with Gasteiger partial charge in [0.25, 0.3) is 0 Å². The zero-order chi connectivity index (χ0) is 19.1. The van der Waals surface area contributed by atoms with Crippen LogP contribution in [0.25, 0.3) is 0 Å². The number of methoxy groups -OCH3 is 1. The standard InChI is InChI=1S/C19H21N3O4/c1-12-8-14(9-13(2)19(12)25)11-20-22-18(24)10-17(23)21-15-4-6-16(26-3)7-5-15/h4-9,11,25H,10H2,1-3H3,(H,21,23)(H,22,24)/b20-11+. The van der Waals surface area contributed by atoms with E-state index in [-0.39, 0.29) is 12.2 Å². The first-order valence-electron chi connectivity index (χ1n) is 7.95. The lowest BCUT2D eigenvalue weighted by atomic mass is 10.1. The normalized spacial score (nSPS) is 10.6. The molecule has 136 valence electrons. The van der Waals surface area contributed by atoms with Crippen LogP contribution in [-0.2, 0) is 9.59 Å². The lowest BCUT2D eigenvalue weighted by Gasteiger charge is -2.06. The summed E-state index contributed by atoms with van der Waals surface area (Å²) >= 11 is 0. The molecule has 0 atom stereocenters. The highest BCUT2D eigenvalue weighted by Crippen LogP contribution is 2.22. The van der Waals surface area contributed by atoms with Crippen molar-refractivity contribution in [1.29, 1.82) is 0 Å². The summed E-state index contributed by atoms with van der Waals surface area (Å²) < 4.78 is 5.03. The predicted octanol–water partition coefficient (Wildman–Crippen LogP) is 2.50. The van der Waals surface area contributed by atoms with Gasteiger partial charge in [-0.1, -0.05) is 0 Å². The molecule has 0 aliphatic rings. The van der Waals surface area contributed by atoms with Gasteiger partial charge in [0.15, 0.2) is 0 Å². The number of aromatic hydroxyl groups is 1. The Bertz CT molecular complexity index is 806. The van der Waals surface area contributed by atoms with Gasteiger partial charge in [0, 0.05) is 5.69 Å². The van der Waals surface area contributed by atoms with Gasteiger partial charge in [0.2, 0.25) is 11.8 Å². The minimum atomic E-state index is -0.528. The molecule has 0 aromatic heterocycles. The molecule has 7 heteroatoms. The van der Waals surface area contributed by atoms with E-state index < -0.39 is 11.8 Å². The lowest BCUT2D eigenvalue weighted by molar-refractivity contribution is -0.126. The molecule has 0 saturated heterocycles. The molecule has 0 radical (unpaired) electrons. The Hall–Kier alpha value is -3.35. The minimum absolute atomic E-state index is 0.237. The van der Waals surface area contributed by atoms with E-state index >= 15 is 0 Å². The number of hydrazone groups is 1. The Balaban J connectivity index is 1.84. The third-order valence-electron chi connectivity index (χ3n) is 3.61. The number of hydrogen-bond acceptors (Lipinski definition) is 5. The average molecular weight is 355 g/mol. The molecular weight excluding hydrogens is 334 g/mol. The Labute approximate surface area is 151 Å². The zero-order valence-electron chi connectivity index (χ0n) is 14.9. The van der Waals surface area contributed by atoms with Crippen LogP contribution in [0.5, 0.6) is 11.5 Å². The summed E-state index contributed by atoms with van der Waals surface area (Å²) in [7, 11) is 1.55. The van der Waals surface area contributed by atoms with E-state index in [0.29, 0.717) is 11.4 Å². The fourth-order valence-electron chi connectivity index (χ4n) is 2.31. The minimum Gasteiger partial charge on any atom is -0.507 e.